The zero-order chi connectivity index (χ0) is 21.1. The molecular formula is C21H18FN3O4S. The van der Waals surface area contributed by atoms with Gasteiger partial charge in [0.25, 0.3) is 15.9 Å². The summed E-state index contributed by atoms with van der Waals surface area (Å²) in [6.45, 7) is 0. The van der Waals surface area contributed by atoms with Crippen LogP contribution in [0.1, 0.15) is 23.2 Å². The summed E-state index contributed by atoms with van der Waals surface area (Å²) in [7, 11) is -3.83. The van der Waals surface area contributed by atoms with Crippen LogP contribution in [0, 0.1) is 5.82 Å². The van der Waals surface area contributed by atoms with E-state index in [9.17, 15) is 17.6 Å². The molecule has 2 N–H and O–H groups in total. The van der Waals surface area contributed by atoms with Gasteiger partial charge < -0.3 is 10.1 Å². The second-order valence-electron chi connectivity index (χ2n) is 6.82. The molecule has 2 aromatic carbocycles. The molecule has 9 heteroatoms. The molecule has 0 radical (unpaired) electrons. The molecule has 1 amide bonds. The molecule has 154 valence electrons. The van der Waals surface area contributed by atoms with E-state index in [0.717, 1.165) is 25.0 Å². The van der Waals surface area contributed by atoms with E-state index in [1.807, 2.05) is 0 Å². The number of amides is 1. The summed E-state index contributed by atoms with van der Waals surface area (Å²) in [5.41, 5.74) is 0.784. The predicted octanol–water partition coefficient (Wildman–Crippen LogP) is 3.71. The summed E-state index contributed by atoms with van der Waals surface area (Å²) in [4.78, 5) is 16.1. The summed E-state index contributed by atoms with van der Waals surface area (Å²) in [6, 6.07) is 14.3. The fourth-order valence-electron chi connectivity index (χ4n) is 2.61. The van der Waals surface area contributed by atoms with Crippen LogP contribution in [0.2, 0.25) is 0 Å². The Bertz CT molecular complexity index is 1140. The molecule has 0 unspecified atom stereocenters. The number of carbonyl (C=O) groups is 1. The van der Waals surface area contributed by atoms with Crippen molar-refractivity contribution in [3.05, 3.63) is 78.2 Å². The van der Waals surface area contributed by atoms with Crippen LogP contribution in [0.15, 0.2) is 71.8 Å². The zero-order valence-corrected chi connectivity index (χ0v) is 16.5. The highest BCUT2D eigenvalue weighted by molar-refractivity contribution is 7.92. The number of rotatable bonds is 7. The molecule has 0 spiro atoms. The average molecular weight is 427 g/mol. The van der Waals surface area contributed by atoms with Gasteiger partial charge in [-0.15, -0.1) is 0 Å². The SMILES string of the molecule is O=C(NC1CC1)c1ccc(Oc2ccc(NS(=O)(=O)c3ccc(F)cc3)cc2)nc1. The van der Waals surface area contributed by atoms with E-state index >= 15 is 0 Å². The molecule has 4 rings (SSSR count). The third kappa shape index (κ3) is 4.93. The summed E-state index contributed by atoms with van der Waals surface area (Å²) in [5.74, 6) is 0.0787. The quantitative estimate of drug-likeness (QED) is 0.599. The van der Waals surface area contributed by atoms with Gasteiger partial charge in [-0.25, -0.2) is 17.8 Å². The van der Waals surface area contributed by atoms with Crippen LogP contribution < -0.4 is 14.8 Å². The number of carbonyl (C=O) groups excluding carboxylic acids is 1. The van der Waals surface area contributed by atoms with E-state index in [1.165, 1.54) is 30.5 Å². The number of nitrogens with one attached hydrogen (secondary N) is 2. The molecule has 7 nitrogen and oxygen atoms in total. The highest BCUT2D eigenvalue weighted by Gasteiger charge is 2.23. The number of sulfonamides is 1. The molecule has 1 heterocycles. The van der Waals surface area contributed by atoms with Crippen molar-refractivity contribution in [3.8, 4) is 11.6 Å². The normalized spacial score (nSPS) is 13.5. The number of halogens is 1. The Hall–Kier alpha value is -3.46. The number of aromatic nitrogens is 1. The Morgan fingerprint density at radius 2 is 1.70 bits per heavy atom. The summed E-state index contributed by atoms with van der Waals surface area (Å²) < 4.78 is 45.7. The van der Waals surface area contributed by atoms with Crippen LogP contribution in [0.3, 0.4) is 0 Å². The summed E-state index contributed by atoms with van der Waals surface area (Å²) in [5, 5.41) is 2.88. The van der Waals surface area contributed by atoms with Gasteiger partial charge >= 0.3 is 0 Å². The predicted molar refractivity (Wildman–Crippen MR) is 108 cm³/mol. The maximum Gasteiger partial charge on any atom is 0.261 e. The number of hydrogen-bond donors (Lipinski definition) is 2. The lowest BCUT2D eigenvalue weighted by atomic mass is 10.2. The Kier molecular flexibility index (Phi) is 5.37. The van der Waals surface area contributed by atoms with Crippen molar-refractivity contribution in [1.29, 1.82) is 0 Å². The first-order chi connectivity index (χ1) is 14.4. The summed E-state index contributed by atoms with van der Waals surface area (Å²) >= 11 is 0. The van der Waals surface area contributed by atoms with Crippen LogP contribution in [0.5, 0.6) is 11.6 Å². The number of ether oxygens (including phenoxy) is 1. The Morgan fingerprint density at radius 1 is 1.00 bits per heavy atom. The molecule has 0 atom stereocenters. The zero-order valence-electron chi connectivity index (χ0n) is 15.7. The van der Waals surface area contributed by atoms with Crippen LogP contribution in [-0.4, -0.2) is 25.4 Å². The minimum Gasteiger partial charge on any atom is -0.439 e. The van der Waals surface area contributed by atoms with Crippen molar-refractivity contribution in [3.63, 3.8) is 0 Å². The molecule has 1 aromatic heterocycles. The van der Waals surface area contributed by atoms with Crippen LogP contribution in [0.25, 0.3) is 0 Å². The fourth-order valence-corrected chi connectivity index (χ4v) is 3.67. The van der Waals surface area contributed by atoms with E-state index in [1.54, 1.807) is 24.3 Å². The van der Waals surface area contributed by atoms with E-state index in [4.69, 9.17) is 4.74 Å². The van der Waals surface area contributed by atoms with Crippen molar-refractivity contribution in [2.75, 3.05) is 4.72 Å². The molecule has 1 aliphatic carbocycles. The lowest BCUT2D eigenvalue weighted by molar-refractivity contribution is 0.0950. The first-order valence-corrected chi connectivity index (χ1v) is 10.7. The highest BCUT2D eigenvalue weighted by atomic mass is 32.2. The topological polar surface area (TPSA) is 97.4 Å². The lowest BCUT2D eigenvalue weighted by Crippen LogP contribution is -2.25. The second-order valence-corrected chi connectivity index (χ2v) is 8.50. The molecule has 0 saturated heterocycles. The van der Waals surface area contributed by atoms with E-state index in [-0.39, 0.29) is 16.8 Å². The molecule has 1 aliphatic rings. The smallest absolute Gasteiger partial charge is 0.261 e. The molecule has 30 heavy (non-hydrogen) atoms. The van der Waals surface area contributed by atoms with E-state index in [0.29, 0.717) is 22.9 Å². The number of hydrogen-bond acceptors (Lipinski definition) is 5. The maximum atomic E-state index is 13.0. The van der Waals surface area contributed by atoms with Gasteiger partial charge in [0.1, 0.15) is 11.6 Å². The average Bonchev–Trinajstić information content (AvgIpc) is 3.54. The third-order valence-electron chi connectivity index (χ3n) is 4.36. The van der Waals surface area contributed by atoms with Crippen molar-refractivity contribution >= 4 is 21.6 Å². The molecule has 0 aliphatic heterocycles. The van der Waals surface area contributed by atoms with E-state index in [2.05, 4.69) is 15.0 Å². The first-order valence-electron chi connectivity index (χ1n) is 9.22. The molecule has 1 fully saturated rings. The van der Waals surface area contributed by atoms with Gasteiger partial charge in [0.15, 0.2) is 0 Å². The van der Waals surface area contributed by atoms with Crippen LogP contribution in [-0.2, 0) is 10.0 Å². The van der Waals surface area contributed by atoms with Crippen LogP contribution >= 0.6 is 0 Å². The van der Waals surface area contributed by atoms with Gasteiger partial charge in [0, 0.05) is 24.0 Å². The van der Waals surface area contributed by atoms with Gasteiger partial charge in [-0.3, -0.25) is 9.52 Å². The minimum atomic E-state index is -3.83. The lowest BCUT2D eigenvalue weighted by Gasteiger charge is -2.10. The number of benzene rings is 2. The fraction of sp³-hybridized carbons (Fsp3) is 0.143. The van der Waals surface area contributed by atoms with Gasteiger partial charge in [0.2, 0.25) is 5.88 Å². The monoisotopic (exact) mass is 427 g/mol. The van der Waals surface area contributed by atoms with Crippen molar-refractivity contribution < 1.29 is 22.3 Å². The van der Waals surface area contributed by atoms with Gasteiger partial charge in [0.05, 0.1) is 10.5 Å². The Morgan fingerprint density at radius 3 is 2.30 bits per heavy atom. The number of nitrogens with zero attached hydrogens (tertiary/aromatic N) is 1. The molecule has 1 saturated carbocycles. The second kappa shape index (κ2) is 8.11. The first kappa shape index (κ1) is 19.8. The van der Waals surface area contributed by atoms with Crippen LogP contribution in [0.4, 0.5) is 10.1 Å². The largest absolute Gasteiger partial charge is 0.439 e. The highest BCUT2D eigenvalue weighted by Crippen LogP contribution is 2.24. The van der Waals surface area contributed by atoms with E-state index < -0.39 is 15.8 Å². The van der Waals surface area contributed by atoms with Crippen molar-refractivity contribution in [1.82, 2.24) is 10.3 Å². The van der Waals surface area contributed by atoms with Gasteiger partial charge in [-0.2, -0.15) is 0 Å². The Balaban J connectivity index is 1.38. The standard InChI is InChI=1S/C21H18FN3O4S/c22-15-2-10-19(11-3-15)30(27,28)25-17-6-8-18(9-7-17)29-20-12-1-14(13-23-20)21(26)24-16-4-5-16/h1-3,6-13,16,25H,4-5H2,(H,24,26). The minimum absolute atomic E-state index is 0.0424. The third-order valence-corrected chi connectivity index (χ3v) is 5.76. The van der Waals surface area contributed by atoms with Crippen molar-refractivity contribution in [2.24, 2.45) is 0 Å². The molecule has 3 aromatic rings. The number of anilines is 1. The Labute approximate surface area is 173 Å². The number of pyridine rings is 1. The van der Waals surface area contributed by atoms with Crippen molar-refractivity contribution in [2.45, 2.75) is 23.8 Å². The van der Waals surface area contributed by atoms with Gasteiger partial charge in [-0.05, 0) is 67.4 Å². The summed E-state index contributed by atoms with van der Waals surface area (Å²) in [6.07, 6.45) is 3.46. The maximum absolute atomic E-state index is 13.0. The van der Waals surface area contributed by atoms with Gasteiger partial charge in [-0.1, -0.05) is 0 Å². The molecular weight excluding hydrogens is 409 g/mol. The molecule has 0 bridgehead atoms.